The van der Waals surface area contributed by atoms with Gasteiger partial charge in [0.15, 0.2) is 0 Å². The molecule has 1 heterocycles. The average Bonchev–Trinajstić information content (AvgIpc) is 2.51. The fourth-order valence-corrected chi connectivity index (χ4v) is 2.57. The van der Waals surface area contributed by atoms with E-state index in [0.717, 1.165) is 5.39 Å². The summed E-state index contributed by atoms with van der Waals surface area (Å²) in [5.41, 5.74) is 8.01. The molecular formula is C16H10BrFN4. The van der Waals surface area contributed by atoms with Gasteiger partial charge in [-0.2, -0.15) is 5.26 Å². The summed E-state index contributed by atoms with van der Waals surface area (Å²) in [7, 11) is 0. The Morgan fingerprint density at radius 2 is 2.00 bits per heavy atom. The standard InChI is InChI=1S/C16H10BrFN4/c17-12-7-9(5-6-13(12)18)21-15-10-3-1-2-4-14(10)22-16(20)11(15)8-19/h1-7H,(H3,20,21,22). The van der Waals surface area contributed by atoms with Crippen LogP contribution in [0.3, 0.4) is 0 Å². The Bertz CT molecular complexity index is 918. The zero-order valence-electron chi connectivity index (χ0n) is 11.3. The van der Waals surface area contributed by atoms with Crippen molar-refractivity contribution in [2.75, 3.05) is 11.1 Å². The lowest BCUT2D eigenvalue weighted by Crippen LogP contribution is -2.02. The molecule has 0 aliphatic heterocycles. The highest BCUT2D eigenvalue weighted by Gasteiger charge is 2.13. The summed E-state index contributed by atoms with van der Waals surface area (Å²) in [6.45, 7) is 0. The highest BCUT2D eigenvalue weighted by atomic mass is 79.9. The molecule has 4 nitrogen and oxygen atoms in total. The molecule has 0 atom stereocenters. The fraction of sp³-hybridized carbons (Fsp3) is 0. The Balaban J connectivity index is 2.20. The van der Waals surface area contributed by atoms with Crippen LogP contribution in [0.5, 0.6) is 0 Å². The van der Waals surface area contributed by atoms with Crippen molar-refractivity contribution in [3.05, 3.63) is 58.3 Å². The normalized spacial score (nSPS) is 10.4. The lowest BCUT2D eigenvalue weighted by atomic mass is 10.1. The second-order valence-corrected chi connectivity index (χ2v) is 5.48. The number of benzene rings is 2. The van der Waals surface area contributed by atoms with Crippen LogP contribution >= 0.6 is 15.9 Å². The van der Waals surface area contributed by atoms with Crippen LogP contribution in [0.2, 0.25) is 0 Å². The molecule has 1 aromatic heterocycles. The largest absolute Gasteiger partial charge is 0.383 e. The van der Waals surface area contributed by atoms with E-state index in [4.69, 9.17) is 5.73 Å². The molecule has 3 rings (SSSR count). The lowest BCUT2D eigenvalue weighted by molar-refractivity contribution is 0.621. The van der Waals surface area contributed by atoms with Crippen molar-refractivity contribution >= 4 is 44.0 Å². The van der Waals surface area contributed by atoms with E-state index in [1.807, 2.05) is 24.3 Å². The molecule has 0 spiro atoms. The molecule has 6 heteroatoms. The maximum absolute atomic E-state index is 13.3. The minimum absolute atomic E-state index is 0.157. The monoisotopic (exact) mass is 356 g/mol. The number of rotatable bonds is 2. The molecule has 0 unspecified atom stereocenters. The van der Waals surface area contributed by atoms with Gasteiger partial charge in [-0.1, -0.05) is 18.2 Å². The maximum Gasteiger partial charge on any atom is 0.144 e. The number of halogens is 2. The predicted molar refractivity (Wildman–Crippen MR) is 88.3 cm³/mol. The Morgan fingerprint density at radius 1 is 1.23 bits per heavy atom. The smallest absolute Gasteiger partial charge is 0.144 e. The average molecular weight is 357 g/mol. The third kappa shape index (κ3) is 2.47. The third-order valence-corrected chi connectivity index (χ3v) is 3.83. The summed E-state index contributed by atoms with van der Waals surface area (Å²) < 4.78 is 13.7. The summed E-state index contributed by atoms with van der Waals surface area (Å²) in [5, 5.41) is 13.3. The van der Waals surface area contributed by atoms with Gasteiger partial charge in [-0.3, -0.25) is 0 Å². The van der Waals surface area contributed by atoms with Crippen LogP contribution in [0.25, 0.3) is 10.9 Å². The lowest BCUT2D eigenvalue weighted by Gasteiger charge is -2.13. The van der Waals surface area contributed by atoms with Gasteiger partial charge >= 0.3 is 0 Å². The van der Waals surface area contributed by atoms with Gasteiger partial charge in [0.2, 0.25) is 0 Å². The zero-order chi connectivity index (χ0) is 15.7. The first-order valence-corrected chi connectivity index (χ1v) is 7.20. The van der Waals surface area contributed by atoms with Crippen molar-refractivity contribution < 1.29 is 4.39 Å². The molecule has 0 aliphatic rings. The van der Waals surface area contributed by atoms with Crippen LogP contribution in [0.4, 0.5) is 21.6 Å². The van der Waals surface area contributed by atoms with E-state index >= 15 is 0 Å². The molecule has 0 saturated heterocycles. The van der Waals surface area contributed by atoms with Gasteiger partial charge < -0.3 is 11.1 Å². The number of nitrogens with two attached hydrogens (primary N) is 1. The van der Waals surface area contributed by atoms with E-state index in [-0.39, 0.29) is 17.2 Å². The van der Waals surface area contributed by atoms with Crippen molar-refractivity contribution in [1.29, 1.82) is 5.26 Å². The number of nitrogen functional groups attached to an aromatic ring is 1. The highest BCUT2D eigenvalue weighted by Crippen LogP contribution is 2.32. The molecule has 3 aromatic rings. The van der Waals surface area contributed by atoms with Crippen LogP contribution < -0.4 is 11.1 Å². The number of anilines is 3. The molecule has 0 saturated carbocycles. The molecule has 3 N–H and O–H groups in total. The number of nitriles is 1. The Hall–Kier alpha value is -2.65. The Labute approximate surface area is 134 Å². The molecule has 0 bridgehead atoms. The van der Waals surface area contributed by atoms with Crippen molar-refractivity contribution in [2.45, 2.75) is 0 Å². The summed E-state index contributed by atoms with van der Waals surface area (Å²) >= 11 is 3.14. The number of nitrogens with one attached hydrogen (secondary N) is 1. The van der Waals surface area contributed by atoms with E-state index in [1.54, 1.807) is 12.1 Å². The predicted octanol–water partition coefficient (Wildman–Crippen LogP) is 4.33. The number of aromatic nitrogens is 1. The summed E-state index contributed by atoms with van der Waals surface area (Å²) in [6.07, 6.45) is 0. The summed E-state index contributed by atoms with van der Waals surface area (Å²) in [6, 6.07) is 14.0. The molecule has 0 amide bonds. The van der Waals surface area contributed by atoms with E-state index < -0.39 is 0 Å². The number of nitrogens with zero attached hydrogens (tertiary/aromatic N) is 2. The summed E-state index contributed by atoms with van der Waals surface area (Å²) in [5.74, 6) is -0.199. The molecule has 2 aromatic carbocycles. The van der Waals surface area contributed by atoms with E-state index in [9.17, 15) is 9.65 Å². The first-order chi connectivity index (χ1) is 10.6. The molecule has 22 heavy (non-hydrogen) atoms. The van der Waals surface area contributed by atoms with Gasteiger partial charge in [0.25, 0.3) is 0 Å². The SMILES string of the molecule is N#Cc1c(N)nc2ccccc2c1Nc1ccc(F)c(Br)c1. The first-order valence-electron chi connectivity index (χ1n) is 6.40. The second kappa shape index (κ2) is 5.62. The van der Waals surface area contributed by atoms with Crippen LogP contribution in [0, 0.1) is 17.1 Å². The Kier molecular flexibility index (Phi) is 3.65. The minimum atomic E-state index is -0.356. The topological polar surface area (TPSA) is 74.7 Å². The van der Waals surface area contributed by atoms with Crippen LogP contribution in [0.1, 0.15) is 5.56 Å². The number of fused-ring (bicyclic) bond motifs is 1. The third-order valence-electron chi connectivity index (χ3n) is 3.22. The van der Waals surface area contributed by atoms with E-state index in [1.165, 1.54) is 6.07 Å². The zero-order valence-corrected chi connectivity index (χ0v) is 12.9. The Morgan fingerprint density at radius 3 is 2.73 bits per heavy atom. The van der Waals surface area contributed by atoms with Crippen LogP contribution in [0.15, 0.2) is 46.9 Å². The van der Waals surface area contributed by atoms with Crippen molar-refractivity contribution in [3.8, 4) is 6.07 Å². The molecule has 0 fully saturated rings. The van der Waals surface area contributed by atoms with Crippen molar-refractivity contribution in [1.82, 2.24) is 4.98 Å². The fourth-order valence-electron chi connectivity index (χ4n) is 2.19. The molecule has 108 valence electrons. The number of hydrogen-bond acceptors (Lipinski definition) is 4. The minimum Gasteiger partial charge on any atom is -0.383 e. The molecular weight excluding hydrogens is 347 g/mol. The molecule has 0 aliphatic carbocycles. The van der Waals surface area contributed by atoms with Crippen LogP contribution in [-0.2, 0) is 0 Å². The second-order valence-electron chi connectivity index (χ2n) is 4.63. The van der Waals surface area contributed by atoms with Gasteiger partial charge in [0.05, 0.1) is 15.7 Å². The van der Waals surface area contributed by atoms with Gasteiger partial charge in [-0.25, -0.2) is 9.37 Å². The van der Waals surface area contributed by atoms with Gasteiger partial charge in [-0.05, 0) is 40.2 Å². The van der Waals surface area contributed by atoms with E-state index in [0.29, 0.717) is 21.4 Å². The van der Waals surface area contributed by atoms with Gasteiger partial charge in [0, 0.05) is 11.1 Å². The molecule has 0 radical (unpaired) electrons. The van der Waals surface area contributed by atoms with Gasteiger partial charge in [0.1, 0.15) is 23.3 Å². The van der Waals surface area contributed by atoms with E-state index in [2.05, 4.69) is 32.3 Å². The number of para-hydroxylation sites is 1. The van der Waals surface area contributed by atoms with Crippen molar-refractivity contribution in [2.24, 2.45) is 0 Å². The van der Waals surface area contributed by atoms with Gasteiger partial charge in [-0.15, -0.1) is 0 Å². The number of pyridine rings is 1. The maximum atomic E-state index is 13.3. The van der Waals surface area contributed by atoms with Crippen LogP contribution in [-0.4, -0.2) is 4.98 Å². The summed E-state index contributed by atoms with van der Waals surface area (Å²) in [4.78, 5) is 4.23. The quantitative estimate of drug-likeness (QED) is 0.716. The first kappa shape index (κ1) is 14.3. The van der Waals surface area contributed by atoms with Crippen molar-refractivity contribution in [3.63, 3.8) is 0 Å². The number of hydrogen-bond donors (Lipinski definition) is 2. The highest BCUT2D eigenvalue weighted by molar-refractivity contribution is 9.10.